The highest BCUT2D eigenvalue weighted by molar-refractivity contribution is 6.04. The highest BCUT2D eigenvalue weighted by Gasteiger charge is 2.11. The SMILES string of the molecule is O=C(O)c1cncc(NC(=O)c2ccc[nH]c2=O)c1. The van der Waals surface area contributed by atoms with Crippen molar-refractivity contribution in [2.45, 2.75) is 0 Å². The predicted molar refractivity (Wildman–Crippen MR) is 66.2 cm³/mol. The van der Waals surface area contributed by atoms with E-state index in [-0.39, 0.29) is 16.8 Å². The number of hydrogen-bond donors (Lipinski definition) is 3. The van der Waals surface area contributed by atoms with E-state index < -0.39 is 17.4 Å². The van der Waals surface area contributed by atoms with Crippen molar-refractivity contribution in [2.24, 2.45) is 0 Å². The number of amides is 1. The number of carbonyl (C=O) groups is 2. The molecule has 7 heteroatoms. The van der Waals surface area contributed by atoms with E-state index in [1.54, 1.807) is 0 Å². The quantitative estimate of drug-likeness (QED) is 0.751. The summed E-state index contributed by atoms with van der Waals surface area (Å²) in [5.74, 6) is -1.78. The molecule has 0 atom stereocenters. The molecule has 0 aliphatic rings. The molecule has 0 fully saturated rings. The third kappa shape index (κ3) is 2.83. The fourth-order valence-corrected chi connectivity index (χ4v) is 1.42. The third-order valence-electron chi connectivity index (χ3n) is 2.31. The number of aromatic nitrogens is 2. The Balaban J connectivity index is 2.25. The number of hydrogen-bond acceptors (Lipinski definition) is 4. The van der Waals surface area contributed by atoms with Gasteiger partial charge in [0.1, 0.15) is 5.56 Å². The van der Waals surface area contributed by atoms with Crippen molar-refractivity contribution in [2.75, 3.05) is 5.32 Å². The highest BCUT2D eigenvalue weighted by Crippen LogP contribution is 2.09. The summed E-state index contributed by atoms with van der Waals surface area (Å²) in [6, 6.07) is 4.13. The maximum atomic E-state index is 11.8. The second kappa shape index (κ2) is 5.13. The summed E-state index contributed by atoms with van der Waals surface area (Å²) in [5, 5.41) is 11.2. The minimum absolute atomic E-state index is 0.0558. The van der Waals surface area contributed by atoms with Crippen LogP contribution in [0.5, 0.6) is 0 Å². The Morgan fingerprint density at radius 2 is 2.11 bits per heavy atom. The van der Waals surface area contributed by atoms with Gasteiger partial charge in [-0.1, -0.05) is 0 Å². The van der Waals surface area contributed by atoms with E-state index in [4.69, 9.17) is 5.11 Å². The standard InChI is InChI=1S/C12H9N3O4/c16-10-9(2-1-3-14-10)11(17)15-8-4-7(12(18)19)5-13-6-8/h1-6H,(H,14,16)(H,15,17)(H,18,19). The molecule has 0 spiro atoms. The molecule has 3 N–H and O–H groups in total. The summed E-state index contributed by atoms with van der Waals surface area (Å²) < 4.78 is 0. The lowest BCUT2D eigenvalue weighted by molar-refractivity contribution is 0.0696. The van der Waals surface area contributed by atoms with Gasteiger partial charge in [0.15, 0.2) is 0 Å². The fourth-order valence-electron chi connectivity index (χ4n) is 1.42. The molecule has 0 unspecified atom stereocenters. The number of carbonyl (C=O) groups excluding carboxylic acids is 1. The normalized spacial score (nSPS) is 9.89. The summed E-state index contributed by atoms with van der Waals surface area (Å²) in [6.07, 6.45) is 3.86. The molecule has 2 heterocycles. The van der Waals surface area contributed by atoms with Gasteiger partial charge in [0.05, 0.1) is 17.4 Å². The molecule has 2 aromatic rings. The first-order valence-electron chi connectivity index (χ1n) is 5.25. The highest BCUT2D eigenvalue weighted by atomic mass is 16.4. The molecule has 0 aliphatic carbocycles. The number of carboxylic acid groups (broad SMARTS) is 1. The number of carboxylic acids is 1. The Bertz CT molecular complexity index is 693. The van der Waals surface area contributed by atoms with Gasteiger partial charge < -0.3 is 15.4 Å². The van der Waals surface area contributed by atoms with Crippen LogP contribution in [-0.4, -0.2) is 27.0 Å². The van der Waals surface area contributed by atoms with E-state index in [0.29, 0.717) is 0 Å². The number of pyridine rings is 2. The van der Waals surface area contributed by atoms with Crippen molar-refractivity contribution in [3.05, 3.63) is 58.3 Å². The van der Waals surface area contributed by atoms with Crippen LogP contribution in [0.4, 0.5) is 5.69 Å². The number of aromatic amines is 1. The lowest BCUT2D eigenvalue weighted by Gasteiger charge is -2.04. The Kier molecular flexibility index (Phi) is 3.37. The van der Waals surface area contributed by atoms with Crippen LogP contribution < -0.4 is 10.9 Å². The van der Waals surface area contributed by atoms with Crippen molar-refractivity contribution < 1.29 is 14.7 Å². The van der Waals surface area contributed by atoms with Crippen LogP contribution in [0.2, 0.25) is 0 Å². The number of rotatable bonds is 3. The van der Waals surface area contributed by atoms with Gasteiger partial charge in [0.25, 0.3) is 11.5 Å². The van der Waals surface area contributed by atoms with Crippen molar-refractivity contribution in [1.82, 2.24) is 9.97 Å². The Hall–Kier alpha value is -2.96. The van der Waals surface area contributed by atoms with Gasteiger partial charge in [-0.3, -0.25) is 14.6 Å². The molecular formula is C12H9N3O4. The maximum absolute atomic E-state index is 11.8. The Labute approximate surface area is 106 Å². The van der Waals surface area contributed by atoms with Gasteiger partial charge in [0.2, 0.25) is 0 Å². The summed E-state index contributed by atoms with van der Waals surface area (Å²) in [7, 11) is 0. The van der Waals surface area contributed by atoms with Gasteiger partial charge in [-0.25, -0.2) is 4.79 Å². The van der Waals surface area contributed by atoms with Crippen LogP contribution in [0.15, 0.2) is 41.6 Å². The number of nitrogens with one attached hydrogen (secondary N) is 2. The fraction of sp³-hybridized carbons (Fsp3) is 0. The molecular weight excluding hydrogens is 250 g/mol. The molecule has 96 valence electrons. The van der Waals surface area contributed by atoms with Crippen LogP contribution in [0.3, 0.4) is 0 Å². The van der Waals surface area contributed by atoms with E-state index in [9.17, 15) is 14.4 Å². The first kappa shape index (κ1) is 12.5. The first-order valence-corrected chi connectivity index (χ1v) is 5.25. The smallest absolute Gasteiger partial charge is 0.337 e. The molecule has 2 rings (SSSR count). The molecule has 0 bridgehead atoms. The summed E-state index contributed by atoms with van der Waals surface area (Å²) >= 11 is 0. The van der Waals surface area contributed by atoms with Crippen LogP contribution in [0.1, 0.15) is 20.7 Å². The van der Waals surface area contributed by atoms with E-state index in [1.165, 1.54) is 30.6 Å². The number of aromatic carboxylic acids is 1. The average Bonchev–Trinajstić information content (AvgIpc) is 2.39. The van der Waals surface area contributed by atoms with E-state index >= 15 is 0 Å². The van der Waals surface area contributed by atoms with Crippen molar-refractivity contribution >= 4 is 17.6 Å². The Morgan fingerprint density at radius 3 is 2.79 bits per heavy atom. The third-order valence-corrected chi connectivity index (χ3v) is 2.31. The molecule has 0 saturated heterocycles. The predicted octanol–water partition coefficient (Wildman–Crippen LogP) is 0.720. The largest absolute Gasteiger partial charge is 0.478 e. The van der Waals surface area contributed by atoms with E-state index in [1.807, 2.05) is 0 Å². The second-order valence-corrected chi connectivity index (χ2v) is 3.63. The van der Waals surface area contributed by atoms with Gasteiger partial charge in [0, 0.05) is 12.4 Å². The van der Waals surface area contributed by atoms with Crippen LogP contribution in [-0.2, 0) is 0 Å². The van der Waals surface area contributed by atoms with Gasteiger partial charge >= 0.3 is 5.97 Å². The zero-order valence-electron chi connectivity index (χ0n) is 9.58. The zero-order valence-corrected chi connectivity index (χ0v) is 9.58. The summed E-state index contributed by atoms with van der Waals surface area (Å²) in [5.41, 5.74) is -0.446. The molecule has 0 saturated carbocycles. The monoisotopic (exact) mass is 259 g/mol. The zero-order chi connectivity index (χ0) is 13.8. The molecule has 0 aliphatic heterocycles. The lowest BCUT2D eigenvalue weighted by atomic mass is 10.2. The van der Waals surface area contributed by atoms with Crippen LogP contribution in [0.25, 0.3) is 0 Å². The molecule has 1 amide bonds. The lowest BCUT2D eigenvalue weighted by Crippen LogP contribution is -2.22. The van der Waals surface area contributed by atoms with Gasteiger partial charge in [-0.2, -0.15) is 0 Å². The number of anilines is 1. The van der Waals surface area contributed by atoms with E-state index in [0.717, 1.165) is 6.20 Å². The average molecular weight is 259 g/mol. The topological polar surface area (TPSA) is 112 Å². The minimum Gasteiger partial charge on any atom is -0.478 e. The summed E-state index contributed by atoms with van der Waals surface area (Å²) in [6.45, 7) is 0. The van der Waals surface area contributed by atoms with E-state index in [2.05, 4.69) is 15.3 Å². The van der Waals surface area contributed by atoms with Crippen LogP contribution in [0, 0.1) is 0 Å². The van der Waals surface area contributed by atoms with Gasteiger partial charge in [-0.15, -0.1) is 0 Å². The van der Waals surface area contributed by atoms with Crippen molar-refractivity contribution in [3.8, 4) is 0 Å². The second-order valence-electron chi connectivity index (χ2n) is 3.63. The maximum Gasteiger partial charge on any atom is 0.337 e. The molecule has 19 heavy (non-hydrogen) atoms. The van der Waals surface area contributed by atoms with Crippen molar-refractivity contribution in [1.29, 1.82) is 0 Å². The number of H-pyrrole nitrogens is 1. The van der Waals surface area contributed by atoms with Crippen LogP contribution >= 0.6 is 0 Å². The van der Waals surface area contributed by atoms with Crippen molar-refractivity contribution in [3.63, 3.8) is 0 Å². The minimum atomic E-state index is -1.15. The molecule has 0 aromatic carbocycles. The molecule has 0 radical (unpaired) electrons. The first-order chi connectivity index (χ1) is 9.08. The van der Waals surface area contributed by atoms with Gasteiger partial charge in [-0.05, 0) is 18.2 Å². The Morgan fingerprint density at radius 1 is 1.32 bits per heavy atom. The molecule has 2 aromatic heterocycles. The summed E-state index contributed by atoms with van der Waals surface area (Å²) in [4.78, 5) is 40.0. The molecule has 7 nitrogen and oxygen atoms in total. The number of nitrogens with zero attached hydrogens (tertiary/aromatic N) is 1.